The van der Waals surface area contributed by atoms with Crippen LogP contribution in [0.15, 0.2) is 41.5 Å². The molecular formula is C20H26F3IN4O3. The third kappa shape index (κ3) is 8.67. The van der Waals surface area contributed by atoms with E-state index in [2.05, 4.69) is 20.0 Å². The Kier molecular flexibility index (Phi) is 10.7. The Morgan fingerprint density at radius 2 is 1.90 bits per heavy atom. The first-order chi connectivity index (χ1) is 14.3. The number of nitrogens with one attached hydrogen (secondary N) is 1. The molecule has 1 aromatic carbocycles. The number of pyridine rings is 1. The molecule has 0 unspecified atom stereocenters. The van der Waals surface area contributed by atoms with Gasteiger partial charge in [-0.05, 0) is 23.8 Å². The van der Waals surface area contributed by atoms with Crippen LogP contribution in [0.4, 0.5) is 13.2 Å². The molecular weight excluding hydrogens is 528 g/mol. The van der Waals surface area contributed by atoms with E-state index in [4.69, 9.17) is 9.47 Å². The van der Waals surface area contributed by atoms with Gasteiger partial charge in [-0.25, -0.2) is 4.98 Å². The van der Waals surface area contributed by atoms with Gasteiger partial charge in [0.05, 0.1) is 14.2 Å². The molecule has 0 radical (unpaired) electrons. The number of halogens is 4. The Hall–Kier alpha value is -2.44. The maximum absolute atomic E-state index is 12.3. The van der Waals surface area contributed by atoms with Crippen LogP contribution < -0.4 is 19.5 Å². The van der Waals surface area contributed by atoms with Gasteiger partial charge < -0.3 is 24.4 Å². The summed E-state index contributed by atoms with van der Waals surface area (Å²) < 4.78 is 52.2. The van der Waals surface area contributed by atoms with Gasteiger partial charge in [-0.2, -0.15) is 13.2 Å². The zero-order valence-corrected chi connectivity index (χ0v) is 20.0. The van der Waals surface area contributed by atoms with E-state index in [1.165, 1.54) is 12.3 Å². The Balaban J connectivity index is 0.00000480. The zero-order chi connectivity index (χ0) is 22.1. The van der Waals surface area contributed by atoms with Crippen LogP contribution in [0.5, 0.6) is 17.4 Å². The molecule has 1 aromatic heterocycles. The number of guanidine groups is 1. The van der Waals surface area contributed by atoms with Crippen molar-refractivity contribution >= 4 is 29.9 Å². The van der Waals surface area contributed by atoms with Crippen LogP contribution >= 0.6 is 24.0 Å². The van der Waals surface area contributed by atoms with E-state index in [0.29, 0.717) is 36.1 Å². The van der Waals surface area contributed by atoms with Crippen LogP contribution in [0.3, 0.4) is 0 Å². The largest absolute Gasteiger partial charge is 0.497 e. The number of aromatic nitrogens is 1. The van der Waals surface area contributed by atoms with Gasteiger partial charge in [-0.1, -0.05) is 0 Å². The maximum Gasteiger partial charge on any atom is 0.422 e. The molecule has 0 saturated heterocycles. The highest BCUT2D eigenvalue weighted by Gasteiger charge is 2.28. The van der Waals surface area contributed by atoms with Crippen LogP contribution in [0.1, 0.15) is 11.1 Å². The van der Waals surface area contributed by atoms with Crippen molar-refractivity contribution in [3.05, 3.63) is 47.7 Å². The van der Waals surface area contributed by atoms with Crippen LogP contribution in [-0.2, 0) is 13.1 Å². The summed E-state index contributed by atoms with van der Waals surface area (Å²) in [6, 6.07) is 8.71. The number of alkyl halides is 3. The summed E-state index contributed by atoms with van der Waals surface area (Å²) in [7, 11) is 6.69. The monoisotopic (exact) mass is 554 g/mol. The predicted octanol–water partition coefficient (Wildman–Crippen LogP) is 3.87. The fourth-order valence-electron chi connectivity index (χ4n) is 2.67. The molecule has 1 N–H and O–H groups in total. The van der Waals surface area contributed by atoms with Gasteiger partial charge in [0.1, 0.15) is 11.5 Å². The van der Waals surface area contributed by atoms with E-state index in [1.54, 1.807) is 33.4 Å². The number of hydrogen-bond acceptors (Lipinski definition) is 5. The fraction of sp³-hybridized carbons (Fsp3) is 0.400. The second kappa shape index (κ2) is 12.4. The predicted molar refractivity (Wildman–Crippen MR) is 122 cm³/mol. The third-order valence-corrected chi connectivity index (χ3v) is 4.11. The number of nitrogens with zero attached hydrogens (tertiary/aromatic N) is 3. The molecule has 0 aliphatic carbocycles. The van der Waals surface area contributed by atoms with Gasteiger partial charge in [0.25, 0.3) is 0 Å². The Morgan fingerprint density at radius 3 is 2.52 bits per heavy atom. The molecule has 31 heavy (non-hydrogen) atoms. The summed E-state index contributed by atoms with van der Waals surface area (Å²) in [5, 5.41) is 3.17. The highest BCUT2D eigenvalue weighted by Crippen LogP contribution is 2.25. The molecule has 7 nitrogen and oxygen atoms in total. The summed E-state index contributed by atoms with van der Waals surface area (Å²) in [4.78, 5) is 9.94. The standard InChI is InChI=1S/C20H25F3N4O3.HI/c1-24-19(27(2)12-15-5-6-16(28-3)10-17(15)29-4)26-11-14-7-8-25-18(9-14)30-13-20(21,22)23;/h5-10H,11-13H2,1-4H3,(H,24,26);1H. The summed E-state index contributed by atoms with van der Waals surface area (Å²) >= 11 is 0. The van der Waals surface area contributed by atoms with Gasteiger partial charge in [0.2, 0.25) is 5.88 Å². The van der Waals surface area contributed by atoms with E-state index in [9.17, 15) is 13.2 Å². The maximum atomic E-state index is 12.3. The molecule has 0 atom stereocenters. The minimum atomic E-state index is -4.41. The lowest BCUT2D eigenvalue weighted by molar-refractivity contribution is -0.154. The smallest absolute Gasteiger partial charge is 0.422 e. The highest BCUT2D eigenvalue weighted by molar-refractivity contribution is 14.0. The minimum absolute atomic E-state index is 0. The van der Waals surface area contributed by atoms with Crippen molar-refractivity contribution in [2.75, 3.05) is 34.9 Å². The first-order valence-electron chi connectivity index (χ1n) is 9.03. The highest BCUT2D eigenvalue weighted by atomic mass is 127. The third-order valence-electron chi connectivity index (χ3n) is 4.11. The summed E-state index contributed by atoms with van der Waals surface area (Å²) in [5.74, 6) is 1.90. The fourth-order valence-corrected chi connectivity index (χ4v) is 2.67. The van der Waals surface area contributed by atoms with Crippen molar-refractivity contribution in [2.45, 2.75) is 19.3 Å². The van der Waals surface area contributed by atoms with Gasteiger partial charge >= 0.3 is 6.18 Å². The minimum Gasteiger partial charge on any atom is -0.497 e. The van der Waals surface area contributed by atoms with E-state index >= 15 is 0 Å². The van der Waals surface area contributed by atoms with Crippen LogP contribution in [0, 0.1) is 0 Å². The number of hydrogen-bond donors (Lipinski definition) is 1. The molecule has 0 bridgehead atoms. The zero-order valence-electron chi connectivity index (χ0n) is 17.7. The van der Waals surface area contributed by atoms with Gasteiger partial charge in [-0.3, -0.25) is 4.99 Å². The molecule has 0 aliphatic heterocycles. The first kappa shape index (κ1) is 26.6. The molecule has 0 fully saturated rings. The second-order valence-electron chi connectivity index (χ2n) is 6.34. The molecule has 0 saturated carbocycles. The van der Waals surface area contributed by atoms with E-state index < -0.39 is 12.8 Å². The molecule has 0 spiro atoms. The number of aliphatic imine (C=N–C) groups is 1. The van der Waals surface area contributed by atoms with Crippen molar-refractivity contribution in [2.24, 2.45) is 4.99 Å². The molecule has 0 amide bonds. The summed E-state index contributed by atoms with van der Waals surface area (Å²) in [6.45, 7) is -0.532. The molecule has 2 rings (SSSR count). The van der Waals surface area contributed by atoms with Crippen molar-refractivity contribution in [1.82, 2.24) is 15.2 Å². The Labute approximate surface area is 196 Å². The molecule has 2 aromatic rings. The average molecular weight is 554 g/mol. The normalized spacial score (nSPS) is 11.4. The van der Waals surface area contributed by atoms with Gasteiger partial charge in [0, 0.05) is 51.1 Å². The molecule has 11 heteroatoms. The number of rotatable bonds is 8. The first-order valence-corrected chi connectivity index (χ1v) is 9.03. The van der Waals surface area contributed by atoms with Gasteiger partial charge in [0.15, 0.2) is 12.6 Å². The van der Waals surface area contributed by atoms with Gasteiger partial charge in [-0.15, -0.1) is 24.0 Å². The quantitative estimate of drug-likeness (QED) is 0.304. The van der Waals surface area contributed by atoms with Crippen molar-refractivity contribution in [3.8, 4) is 17.4 Å². The number of benzene rings is 1. The molecule has 172 valence electrons. The van der Waals surface area contributed by atoms with E-state index in [0.717, 1.165) is 5.56 Å². The lowest BCUT2D eigenvalue weighted by atomic mass is 10.2. The summed E-state index contributed by atoms with van der Waals surface area (Å²) in [5.41, 5.74) is 1.65. The average Bonchev–Trinajstić information content (AvgIpc) is 2.72. The van der Waals surface area contributed by atoms with Crippen LogP contribution in [0.2, 0.25) is 0 Å². The van der Waals surface area contributed by atoms with E-state index in [1.807, 2.05) is 24.1 Å². The summed E-state index contributed by atoms with van der Waals surface area (Å²) in [6.07, 6.45) is -3.01. The lowest BCUT2D eigenvalue weighted by Gasteiger charge is -2.23. The van der Waals surface area contributed by atoms with Crippen LogP contribution in [-0.4, -0.2) is 56.9 Å². The second-order valence-corrected chi connectivity index (χ2v) is 6.34. The Morgan fingerprint density at radius 1 is 1.16 bits per heavy atom. The topological polar surface area (TPSA) is 68.2 Å². The SMILES string of the molecule is CN=C(NCc1ccnc(OCC(F)(F)F)c1)N(C)Cc1ccc(OC)cc1OC.I. The molecule has 1 heterocycles. The number of ether oxygens (including phenoxy) is 3. The van der Waals surface area contributed by atoms with E-state index in [-0.39, 0.29) is 29.9 Å². The van der Waals surface area contributed by atoms with Crippen molar-refractivity contribution in [3.63, 3.8) is 0 Å². The Bertz CT molecular complexity index is 866. The lowest BCUT2D eigenvalue weighted by Crippen LogP contribution is -2.38. The van der Waals surface area contributed by atoms with Crippen LogP contribution in [0.25, 0.3) is 0 Å². The molecule has 0 aliphatic rings. The van der Waals surface area contributed by atoms with Crippen molar-refractivity contribution in [1.29, 1.82) is 0 Å². The number of methoxy groups -OCH3 is 2. The van der Waals surface area contributed by atoms with Crippen molar-refractivity contribution < 1.29 is 27.4 Å².